The Morgan fingerprint density at radius 3 is 2.24 bits per heavy atom. The minimum atomic E-state index is -1.38. The second kappa shape index (κ2) is 11.2. The van der Waals surface area contributed by atoms with E-state index >= 15 is 0 Å². The van der Waals surface area contributed by atoms with Gasteiger partial charge in [-0.05, 0) is 57.2 Å². The van der Waals surface area contributed by atoms with Gasteiger partial charge in [-0.15, -0.1) is 0 Å². The van der Waals surface area contributed by atoms with Gasteiger partial charge >= 0.3 is 5.69 Å². The fourth-order valence-corrected chi connectivity index (χ4v) is 5.40. The number of halogens is 2. The fourth-order valence-electron chi connectivity index (χ4n) is 4.83. The molecule has 4 aromatic rings. The summed E-state index contributed by atoms with van der Waals surface area (Å²) in [6.07, 6.45) is 1.38. The van der Waals surface area contributed by atoms with E-state index in [9.17, 15) is 19.5 Å². The van der Waals surface area contributed by atoms with Gasteiger partial charge in [0, 0.05) is 50.3 Å². The van der Waals surface area contributed by atoms with Crippen LogP contribution in [0.3, 0.4) is 0 Å². The van der Waals surface area contributed by atoms with E-state index in [0.717, 1.165) is 10.3 Å². The summed E-state index contributed by atoms with van der Waals surface area (Å²) < 4.78 is 2.32. The van der Waals surface area contributed by atoms with Crippen molar-refractivity contribution in [3.63, 3.8) is 0 Å². The maximum Gasteiger partial charge on any atom is 0.337 e. The Morgan fingerprint density at radius 2 is 1.66 bits per heavy atom. The van der Waals surface area contributed by atoms with Crippen LogP contribution in [-0.2, 0) is 11.3 Å². The zero-order valence-corrected chi connectivity index (χ0v) is 24.3. The number of nitrogens with one attached hydrogen (secondary N) is 1. The van der Waals surface area contributed by atoms with Crippen molar-refractivity contribution in [2.24, 2.45) is 0 Å². The molecule has 214 valence electrons. The largest absolute Gasteiger partial charge is 0.381 e. The highest BCUT2D eigenvalue weighted by atomic mass is 35.5. The molecule has 1 amide bonds. The predicted molar refractivity (Wildman–Crippen MR) is 160 cm³/mol. The number of hydrogen-bond donors (Lipinski definition) is 2. The van der Waals surface area contributed by atoms with Crippen molar-refractivity contribution in [3.05, 3.63) is 79.5 Å². The molecular formula is C28H29Cl2N7O4. The summed E-state index contributed by atoms with van der Waals surface area (Å²) in [5.41, 5.74) is -0.610. The predicted octanol–water partition coefficient (Wildman–Crippen LogP) is 3.43. The van der Waals surface area contributed by atoms with Gasteiger partial charge in [0.2, 0.25) is 5.95 Å². The van der Waals surface area contributed by atoms with Gasteiger partial charge in [0.25, 0.3) is 11.5 Å². The van der Waals surface area contributed by atoms with Crippen molar-refractivity contribution in [1.29, 1.82) is 0 Å². The molecule has 2 aromatic heterocycles. The Labute approximate surface area is 245 Å². The lowest BCUT2D eigenvalue weighted by atomic mass is 10.1. The number of anilines is 3. The zero-order chi connectivity index (χ0) is 29.5. The number of amides is 1. The van der Waals surface area contributed by atoms with E-state index in [0.29, 0.717) is 31.9 Å². The van der Waals surface area contributed by atoms with Crippen LogP contribution in [-0.4, -0.2) is 66.8 Å². The van der Waals surface area contributed by atoms with Gasteiger partial charge in [-0.2, -0.15) is 4.98 Å². The van der Waals surface area contributed by atoms with Crippen LogP contribution in [0, 0.1) is 0 Å². The molecule has 1 aliphatic heterocycles. The third-order valence-corrected chi connectivity index (χ3v) is 7.55. The molecule has 2 N–H and O–H groups in total. The summed E-state index contributed by atoms with van der Waals surface area (Å²) in [5, 5.41) is 13.6. The van der Waals surface area contributed by atoms with Crippen molar-refractivity contribution >= 4 is 57.5 Å². The third-order valence-electron chi connectivity index (χ3n) is 6.94. The first-order valence-electron chi connectivity index (χ1n) is 13.1. The van der Waals surface area contributed by atoms with Crippen LogP contribution >= 0.6 is 23.2 Å². The highest BCUT2D eigenvalue weighted by Gasteiger charge is 2.31. The molecule has 0 saturated carbocycles. The molecule has 5 rings (SSSR count). The van der Waals surface area contributed by atoms with E-state index in [-0.39, 0.29) is 45.2 Å². The van der Waals surface area contributed by atoms with Crippen molar-refractivity contribution in [3.8, 4) is 5.69 Å². The summed E-state index contributed by atoms with van der Waals surface area (Å²) in [4.78, 5) is 51.8. The molecule has 3 heterocycles. The third kappa shape index (κ3) is 5.52. The van der Waals surface area contributed by atoms with Crippen LogP contribution in [0.2, 0.25) is 10.0 Å². The molecule has 13 heteroatoms. The van der Waals surface area contributed by atoms with Crippen molar-refractivity contribution < 1.29 is 9.90 Å². The van der Waals surface area contributed by atoms with Crippen LogP contribution in [0.4, 0.5) is 17.3 Å². The summed E-state index contributed by atoms with van der Waals surface area (Å²) >= 11 is 12.6. The Morgan fingerprint density at radius 1 is 1.02 bits per heavy atom. The number of carbonyl (C=O) groups excluding carboxylic acids is 1. The molecule has 0 radical (unpaired) electrons. The number of nitrogens with zero attached hydrogens (tertiary/aromatic N) is 6. The van der Waals surface area contributed by atoms with E-state index in [1.165, 1.54) is 24.6 Å². The van der Waals surface area contributed by atoms with Gasteiger partial charge in [-0.3, -0.25) is 14.2 Å². The molecule has 41 heavy (non-hydrogen) atoms. The fraction of sp³-hybridized carbons (Fsp3) is 0.321. The van der Waals surface area contributed by atoms with Crippen molar-refractivity contribution in [2.45, 2.75) is 32.9 Å². The first kappa shape index (κ1) is 28.6. The quantitative estimate of drug-likeness (QED) is 0.346. The number of hydrogen-bond acceptors (Lipinski definition) is 8. The average Bonchev–Trinajstić information content (AvgIpc) is 2.94. The molecule has 2 aromatic carbocycles. The summed E-state index contributed by atoms with van der Waals surface area (Å²) in [7, 11) is 0. The number of aliphatic hydroxyl groups is 1. The van der Waals surface area contributed by atoms with Gasteiger partial charge < -0.3 is 20.2 Å². The van der Waals surface area contributed by atoms with Gasteiger partial charge in [0.1, 0.15) is 11.0 Å². The lowest BCUT2D eigenvalue weighted by Gasteiger charge is -2.38. The number of carbonyl (C=O) groups is 1. The Balaban J connectivity index is 1.38. The molecule has 1 saturated heterocycles. The van der Waals surface area contributed by atoms with Crippen LogP contribution < -0.4 is 21.5 Å². The molecular weight excluding hydrogens is 569 g/mol. The number of aromatic nitrogens is 4. The number of fused-ring (bicyclic) bond motifs is 1. The SMILES string of the molecule is CCn1c(=O)n(-c2c(Cl)cccc2Cl)c(=O)c2cnc(Nc3ccc(N4CCN(C(=O)C(C)(C)O)CC4)cc3)nc21. The molecule has 11 nitrogen and oxygen atoms in total. The second-order valence-electron chi connectivity index (χ2n) is 10.2. The van der Waals surface area contributed by atoms with Crippen LogP contribution in [0.25, 0.3) is 16.7 Å². The Hall–Kier alpha value is -3.93. The monoisotopic (exact) mass is 597 g/mol. The van der Waals surface area contributed by atoms with E-state index in [4.69, 9.17) is 23.2 Å². The van der Waals surface area contributed by atoms with Gasteiger partial charge in [0.15, 0.2) is 5.65 Å². The smallest absolute Gasteiger partial charge is 0.337 e. The molecule has 0 unspecified atom stereocenters. The van der Waals surface area contributed by atoms with E-state index < -0.39 is 16.9 Å². The number of benzene rings is 2. The van der Waals surface area contributed by atoms with Gasteiger partial charge in [-0.1, -0.05) is 29.3 Å². The first-order valence-corrected chi connectivity index (χ1v) is 13.9. The van der Waals surface area contributed by atoms with Gasteiger partial charge in [-0.25, -0.2) is 14.3 Å². The highest BCUT2D eigenvalue weighted by Crippen LogP contribution is 2.27. The lowest BCUT2D eigenvalue weighted by Crippen LogP contribution is -2.54. The van der Waals surface area contributed by atoms with E-state index in [1.54, 1.807) is 30.0 Å². The van der Waals surface area contributed by atoms with Crippen molar-refractivity contribution in [1.82, 2.24) is 24.0 Å². The summed E-state index contributed by atoms with van der Waals surface area (Å²) in [6.45, 7) is 7.37. The summed E-state index contributed by atoms with van der Waals surface area (Å²) in [6, 6.07) is 12.4. The Kier molecular flexibility index (Phi) is 7.78. The van der Waals surface area contributed by atoms with Crippen LogP contribution in [0.15, 0.2) is 58.3 Å². The van der Waals surface area contributed by atoms with E-state index in [1.807, 2.05) is 24.3 Å². The second-order valence-corrected chi connectivity index (χ2v) is 11.0. The van der Waals surface area contributed by atoms with Crippen LogP contribution in [0.5, 0.6) is 0 Å². The molecule has 0 aliphatic carbocycles. The minimum absolute atomic E-state index is 0.113. The molecule has 0 atom stereocenters. The number of para-hydroxylation sites is 1. The lowest BCUT2D eigenvalue weighted by molar-refractivity contribution is -0.148. The number of piperazine rings is 1. The van der Waals surface area contributed by atoms with Gasteiger partial charge in [0.05, 0.1) is 15.7 Å². The normalized spacial score (nSPS) is 14.0. The summed E-state index contributed by atoms with van der Waals surface area (Å²) in [5.74, 6) is -0.0503. The van der Waals surface area contributed by atoms with Crippen LogP contribution in [0.1, 0.15) is 20.8 Å². The topological polar surface area (TPSA) is 126 Å². The molecule has 0 spiro atoms. The number of aryl methyl sites for hydroxylation is 1. The molecule has 0 bridgehead atoms. The Bertz CT molecular complexity index is 1720. The standard InChI is InChI=1S/C28H29Cl2N7O4/c1-4-36-23-19(24(38)37(27(36)40)22-20(29)6-5-7-21(22)30)16-31-26(33-23)32-17-8-10-18(11-9-17)34-12-14-35(15-13-34)25(39)28(2,3)41/h5-11,16,41H,4,12-15H2,1-3H3,(H,31,32,33). The van der Waals surface area contributed by atoms with Crippen molar-refractivity contribution in [2.75, 3.05) is 36.4 Å². The average molecular weight is 598 g/mol. The molecule has 1 aliphatic rings. The maximum absolute atomic E-state index is 13.4. The minimum Gasteiger partial charge on any atom is -0.381 e. The highest BCUT2D eigenvalue weighted by molar-refractivity contribution is 6.37. The van der Waals surface area contributed by atoms with E-state index in [2.05, 4.69) is 20.2 Å². The number of rotatable bonds is 6. The maximum atomic E-state index is 13.4. The first-order chi connectivity index (χ1) is 19.5. The molecule has 1 fully saturated rings. The zero-order valence-electron chi connectivity index (χ0n) is 22.8.